The summed E-state index contributed by atoms with van der Waals surface area (Å²) < 4.78 is 6.49. The Morgan fingerprint density at radius 1 is 1.78 bits per heavy atom. The van der Waals surface area contributed by atoms with E-state index in [-0.39, 0.29) is 0 Å². The molecule has 1 aromatic rings. The first-order valence-electron chi connectivity index (χ1n) is 2.69. The van der Waals surface area contributed by atoms with Crippen LogP contribution in [0.4, 0.5) is 0 Å². The lowest BCUT2D eigenvalue weighted by Crippen LogP contribution is -1.86. The Morgan fingerprint density at radius 2 is 2.56 bits per heavy atom. The predicted molar refractivity (Wildman–Crippen MR) is 48.2 cm³/mol. The monoisotopic (exact) mass is 254 g/mol. The van der Waals surface area contributed by atoms with Gasteiger partial charge in [-0.1, -0.05) is 0 Å². The lowest BCUT2D eigenvalue weighted by molar-refractivity contribution is 0.350. The molecule has 0 fully saturated rings. The van der Waals surface area contributed by atoms with Crippen LogP contribution in [0, 0.1) is 3.57 Å². The predicted octanol–water partition coefficient (Wildman–Crippen LogP) is 2.75. The Balaban J connectivity index is 2.61. The van der Waals surface area contributed by atoms with Gasteiger partial charge in [-0.3, -0.25) is 0 Å². The second-order valence-corrected chi connectivity index (χ2v) is 3.64. The molecular weight excluding hydrogens is 247 g/mol. The first-order chi connectivity index (χ1) is 4.33. The van der Waals surface area contributed by atoms with E-state index in [1.165, 1.54) is 3.57 Å². The minimum absolute atomic E-state index is 0.761. The molecule has 0 bridgehead atoms. The van der Waals surface area contributed by atoms with Crippen molar-refractivity contribution < 1.29 is 4.74 Å². The number of hydrogen-bond donors (Lipinski definition) is 0. The highest BCUT2D eigenvalue weighted by molar-refractivity contribution is 14.1. The molecule has 50 valence electrons. The maximum atomic E-state index is 5.24. The molecule has 0 aliphatic rings. The molecule has 0 aliphatic carbocycles. The van der Waals surface area contributed by atoms with Crippen molar-refractivity contribution >= 4 is 33.9 Å². The Morgan fingerprint density at radius 3 is 3.00 bits per heavy atom. The molecule has 0 unspecified atom stereocenters. The minimum Gasteiger partial charge on any atom is -0.484 e. The van der Waals surface area contributed by atoms with Crippen molar-refractivity contribution in [2.24, 2.45) is 0 Å². The van der Waals surface area contributed by atoms with Gasteiger partial charge in [0.2, 0.25) is 0 Å². The van der Waals surface area contributed by atoms with E-state index in [4.69, 9.17) is 4.74 Å². The van der Waals surface area contributed by atoms with Crippen LogP contribution in [0.3, 0.4) is 0 Å². The topological polar surface area (TPSA) is 9.23 Å². The van der Waals surface area contributed by atoms with Crippen molar-refractivity contribution in [2.45, 2.75) is 6.92 Å². The Labute approximate surface area is 72.2 Å². The summed E-state index contributed by atoms with van der Waals surface area (Å²) in [7, 11) is 0. The van der Waals surface area contributed by atoms with Crippen molar-refractivity contribution in [3.63, 3.8) is 0 Å². The second kappa shape index (κ2) is 3.41. The van der Waals surface area contributed by atoms with Gasteiger partial charge in [0.05, 0.1) is 6.61 Å². The van der Waals surface area contributed by atoms with Crippen molar-refractivity contribution in [1.82, 2.24) is 0 Å². The summed E-state index contributed by atoms with van der Waals surface area (Å²) in [5.41, 5.74) is 0. The highest BCUT2D eigenvalue weighted by atomic mass is 127. The van der Waals surface area contributed by atoms with E-state index in [2.05, 4.69) is 28.0 Å². The van der Waals surface area contributed by atoms with Crippen molar-refractivity contribution in [1.29, 1.82) is 0 Å². The van der Waals surface area contributed by atoms with Gasteiger partial charge in [0, 0.05) is 15.0 Å². The maximum Gasteiger partial charge on any atom is 0.174 e. The summed E-state index contributed by atoms with van der Waals surface area (Å²) in [6.45, 7) is 2.75. The van der Waals surface area contributed by atoms with Crippen LogP contribution >= 0.6 is 33.9 Å². The van der Waals surface area contributed by atoms with Gasteiger partial charge in [0.1, 0.15) is 0 Å². The lowest BCUT2D eigenvalue weighted by Gasteiger charge is -1.93. The highest BCUT2D eigenvalue weighted by Crippen LogP contribution is 2.23. The maximum absolute atomic E-state index is 5.24. The van der Waals surface area contributed by atoms with E-state index in [9.17, 15) is 0 Å². The molecule has 0 aromatic carbocycles. The fraction of sp³-hybridized carbons (Fsp3) is 0.333. The van der Waals surface area contributed by atoms with E-state index in [1.807, 2.05) is 13.0 Å². The second-order valence-electron chi connectivity index (χ2n) is 1.52. The molecule has 0 N–H and O–H groups in total. The fourth-order valence-corrected chi connectivity index (χ4v) is 2.07. The van der Waals surface area contributed by atoms with Crippen molar-refractivity contribution in [3.8, 4) is 5.06 Å². The molecule has 1 rings (SSSR count). The summed E-state index contributed by atoms with van der Waals surface area (Å²) in [6, 6.07) is 2.04. The molecule has 0 saturated carbocycles. The first-order valence-corrected chi connectivity index (χ1v) is 4.65. The number of rotatable bonds is 2. The third-order valence-electron chi connectivity index (χ3n) is 0.830. The third-order valence-corrected chi connectivity index (χ3v) is 2.72. The summed E-state index contributed by atoms with van der Waals surface area (Å²) in [5, 5.41) is 3.09. The van der Waals surface area contributed by atoms with Crippen LogP contribution < -0.4 is 4.74 Å². The largest absolute Gasteiger partial charge is 0.484 e. The van der Waals surface area contributed by atoms with E-state index in [0.29, 0.717) is 0 Å². The molecule has 1 nitrogen and oxygen atoms in total. The van der Waals surface area contributed by atoms with E-state index < -0.39 is 0 Å². The molecule has 0 aliphatic heterocycles. The van der Waals surface area contributed by atoms with Gasteiger partial charge < -0.3 is 4.74 Å². The van der Waals surface area contributed by atoms with Crippen LogP contribution in [0.15, 0.2) is 11.4 Å². The average molecular weight is 254 g/mol. The molecule has 9 heavy (non-hydrogen) atoms. The average Bonchev–Trinajstić information content (AvgIpc) is 2.17. The lowest BCUT2D eigenvalue weighted by atomic mass is 10.6. The zero-order chi connectivity index (χ0) is 6.69. The highest BCUT2D eigenvalue weighted by Gasteiger charge is 1.94. The van der Waals surface area contributed by atoms with Crippen LogP contribution in [0.25, 0.3) is 0 Å². The third kappa shape index (κ3) is 2.14. The van der Waals surface area contributed by atoms with Gasteiger partial charge in [-0.25, -0.2) is 0 Å². The summed E-state index contributed by atoms with van der Waals surface area (Å²) in [5.74, 6) is 0. The molecule has 0 radical (unpaired) electrons. The van der Waals surface area contributed by atoms with Crippen molar-refractivity contribution in [2.75, 3.05) is 6.61 Å². The first kappa shape index (κ1) is 7.34. The van der Waals surface area contributed by atoms with E-state index in [0.717, 1.165) is 11.7 Å². The number of hydrogen-bond acceptors (Lipinski definition) is 2. The normalized spacial score (nSPS) is 9.56. The minimum atomic E-state index is 0.761. The molecular formula is C6H7IOS. The summed E-state index contributed by atoms with van der Waals surface area (Å²) in [6.07, 6.45) is 0. The van der Waals surface area contributed by atoms with Gasteiger partial charge in [-0.05, 0) is 29.5 Å². The van der Waals surface area contributed by atoms with Crippen LogP contribution in [-0.4, -0.2) is 6.61 Å². The molecule has 1 aromatic heterocycles. The van der Waals surface area contributed by atoms with Crippen LogP contribution in [-0.2, 0) is 0 Å². The molecule has 0 saturated heterocycles. The standard InChI is InChI=1S/C6H7IOS/c1-2-8-6-3-5(7)4-9-6/h3-4H,2H2,1H3. The SMILES string of the molecule is CCOc1cc(I)cs1. The van der Waals surface area contributed by atoms with Crippen LogP contribution in [0.2, 0.25) is 0 Å². The van der Waals surface area contributed by atoms with Gasteiger partial charge in [0.25, 0.3) is 0 Å². The molecule has 0 spiro atoms. The number of halogens is 1. The molecule has 0 atom stereocenters. The van der Waals surface area contributed by atoms with Gasteiger partial charge in [0.15, 0.2) is 5.06 Å². The summed E-state index contributed by atoms with van der Waals surface area (Å²) >= 11 is 3.92. The Kier molecular flexibility index (Phi) is 2.78. The van der Waals surface area contributed by atoms with Crippen molar-refractivity contribution in [3.05, 3.63) is 15.0 Å². The van der Waals surface area contributed by atoms with Crippen LogP contribution in [0.1, 0.15) is 6.92 Å². The Bertz CT molecular complexity index is 185. The number of thiophene rings is 1. The quantitative estimate of drug-likeness (QED) is 0.737. The van der Waals surface area contributed by atoms with Crippen LogP contribution in [0.5, 0.6) is 5.06 Å². The van der Waals surface area contributed by atoms with E-state index in [1.54, 1.807) is 11.3 Å². The van der Waals surface area contributed by atoms with E-state index >= 15 is 0 Å². The van der Waals surface area contributed by atoms with Gasteiger partial charge in [-0.15, -0.1) is 11.3 Å². The van der Waals surface area contributed by atoms with Gasteiger partial charge >= 0.3 is 0 Å². The Hall–Kier alpha value is 0.230. The smallest absolute Gasteiger partial charge is 0.174 e. The zero-order valence-electron chi connectivity index (χ0n) is 5.06. The van der Waals surface area contributed by atoms with Gasteiger partial charge in [-0.2, -0.15) is 0 Å². The molecule has 3 heteroatoms. The molecule has 0 amide bonds. The summed E-state index contributed by atoms with van der Waals surface area (Å²) in [4.78, 5) is 0. The zero-order valence-corrected chi connectivity index (χ0v) is 8.03. The molecule has 1 heterocycles. The fourth-order valence-electron chi connectivity index (χ4n) is 0.513. The number of ether oxygens (including phenoxy) is 1.